The van der Waals surface area contributed by atoms with Crippen LogP contribution >= 0.6 is 0 Å². The Labute approximate surface area is 157 Å². The van der Waals surface area contributed by atoms with Gasteiger partial charge in [0.2, 0.25) is 0 Å². The average Bonchev–Trinajstić information content (AvgIpc) is 3.11. The highest BCUT2D eigenvalue weighted by Crippen LogP contribution is 2.22. The molecule has 0 bridgehead atoms. The number of ether oxygens (including phenoxy) is 1. The van der Waals surface area contributed by atoms with Crippen LogP contribution in [0.4, 0.5) is 5.69 Å². The van der Waals surface area contributed by atoms with E-state index >= 15 is 0 Å². The largest absolute Gasteiger partial charge is 0.457 e. The van der Waals surface area contributed by atoms with E-state index in [-0.39, 0.29) is 12.5 Å². The number of hydrogen-bond acceptors (Lipinski definition) is 5. The maximum Gasteiger partial charge on any atom is 0.265 e. The second kappa shape index (κ2) is 8.66. The standard InChI is InChI=1S/C20H20N4O3/c1-15(16-12-21-24(2)13-16)23-26-14-20(25)22-17-8-10-19(11-9-17)27-18-6-4-3-5-7-18/h3-13H,14H2,1-2H3,(H,22,25)/b23-15-. The molecule has 0 radical (unpaired) electrons. The zero-order valence-electron chi connectivity index (χ0n) is 15.1. The third kappa shape index (κ3) is 5.43. The van der Waals surface area contributed by atoms with Gasteiger partial charge in [-0.05, 0) is 43.3 Å². The highest BCUT2D eigenvalue weighted by molar-refractivity contribution is 5.98. The van der Waals surface area contributed by atoms with Gasteiger partial charge in [-0.1, -0.05) is 23.4 Å². The number of carbonyl (C=O) groups is 1. The predicted molar refractivity (Wildman–Crippen MR) is 103 cm³/mol. The number of para-hydroxylation sites is 1. The van der Waals surface area contributed by atoms with Crippen LogP contribution in [0.25, 0.3) is 0 Å². The summed E-state index contributed by atoms with van der Waals surface area (Å²) in [5.41, 5.74) is 2.14. The van der Waals surface area contributed by atoms with Crippen molar-refractivity contribution in [2.24, 2.45) is 12.2 Å². The lowest BCUT2D eigenvalue weighted by atomic mass is 10.2. The van der Waals surface area contributed by atoms with Gasteiger partial charge in [0.15, 0.2) is 6.61 Å². The molecule has 138 valence electrons. The minimum Gasteiger partial charge on any atom is -0.457 e. The van der Waals surface area contributed by atoms with Crippen molar-refractivity contribution in [1.82, 2.24) is 9.78 Å². The Balaban J connectivity index is 1.47. The Morgan fingerprint density at radius 3 is 2.48 bits per heavy atom. The highest BCUT2D eigenvalue weighted by atomic mass is 16.6. The Morgan fingerprint density at radius 2 is 1.81 bits per heavy atom. The molecule has 1 heterocycles. The van der Waals surface area contributed by atoms with Crippen LogP contribution in [0.3, 0.4) is 0 Å². The lowest BCUT2D eigenvalue weighted by Crippen LogP contribution is -2.17. The zero-order valence-corrected chi connectivity index (χ0v) is 15.1. The number of amides is 1. The molecule has 0 aliphatic rings. The van der Waals surface area contributed by atoms with Gasteiger partial charge in [-0.15, -0.1) is 0 Å². The van der Waals surface area contributed by atoms with Crippen LogP contribution < -0.4 is 10.1 Å². The zero-order chi connectivity index (χ0) is 19.1. The number of anilines is 1. The molecule has 0 atom stereocenters. The van der Waals surface area contributed by atoms with Gasteiger partial charge in [-0.2, -0.15) is 5.10 Å². The molecule has 0 saturated carbocycles. The van der Waals surface area contributed by atoms with E-state index in [1.165, 1.54) is 0 Å². The molecule has 27 heavy (non-hydrogen) atoms. The summed E-state index contributed by atoms with van der Waals surface area (Å²) in [5, 5.41) is 10.7. The first kappa shape index (κ1) is 18.2. The summed E-state index contributed by atoms with van der Waals surface area (Å²) >= 11 is 0. The van der Waals surface area contributed by atoms with Gasteiger partial charge in [-0.25, -0.2) is 0 Å². The van der Waals surface area contributed by atoms with Crippen molar-refractivity contribution in [2.75, 3.05) is 11.9 Å². The van der Waals surface area contributed by atoms with Crippen LogP contribution in [0.1, 0.15) is 12.5 Å². The number of nitrogens with one attached hydrogen (secondary N) is 1. The number of benzene rings is 2. The first-order valence-electron chi connectivity index (χ1n) is 8.38. The molecule has 0 saturated heterocycles. The number of hydrogen-bond donors (Lipinski definition) is 1. The SMILES string of the molecule is C/C(=N/OCC(=O)Nc1ccc(Oc2ccccc2)cc1)c1cnn(C)c1. The van der Waals surface area contributed by atoms with Crippen LogP contribution in [0.15, 0.2) is 72.1 Å². The minimum absolute atomic E-state index is 0.181. The summed E-state index contributed by atoms with van der Waals surface area (Å²) in [6.07, 6.45) is 3.50. The molecule has 1 amide bonds. The number of nitrogens with zero attached hydrogens (tertiary/aromatic N) is 3. The monoisotopic (exact) mass is 364 g/mol. The number of rotatable bonds is 7. The van der Waals surface area contributed by atoms with Gasteiger partial charge in [0, 0.05) is 24.5 Å². The summed E-state index contributed by atoms with van der Waals surface area (Å²) < 4.78 is 7.38. The van der Waals surface area contributed by atoms with Crippen molar-refractivity contribution in [2.45, 2.75) is 6.92 Å². The Morgan fingerprint density at radius 1 is 1.11 bits per heavy atom. The highest BCUT2D eigenvalue weighted by Gasteiger charge is 2.05. The van der Waals surface area contributed by atoms with Crippen molar-refractivity contribution in [3.05, 3.63) is 72.6 Å². The fourth-order valence-corrected chi connectivity index (χ4v) is 2.28. The Bertz CT molecular complexity index is 918. The fourth-order valence-electron chi connectivity index (χ4n) is 2.28. The van der Waals surface area contributed by atoms with E-state index in [9.17, 15) is 4.79 Å². The maximum atomic E-state index is 12.0. The molecule has 3 aromatic rings. The lowest BCUT2D eigenvalue weighted by Gasteiger charge is -2.08. The van der Waals surface area contributed by atoms with E-state index in [4.69, 9.17) is 9.57 Å². The fraction of sp³-hybridized carbons (Fsp3) is 0.150. The summed E-state index contributed by atoms with van der Waals surface area (Å²) in [5.74, 6) is 1.14. The Kier molecular flexibility index (Phi) is 5.84. The molecular weight excluding hydrogens is 344 g/mol. The van der Waals surface area contributed by atoms with Gasteiger partial charge in [0.1, 0.15) is 11.5 Å². The number of aromatic nitrogens is 2. The molecule has 0 unspecified atom stereocenters. The number of aryl methyl sites for hydroxylation is 1. The summed E-state index contributed by atoms with van der Waals surface area (Å²) in [6, 6.07) is 16.6. The van der Waals surface area contributed by atoms with Crippen molar-refractivity contribution in [1.29, 1.82) is 0 Å². The summed E-state index contributed by atoms with van der Waals surface area (Å²) in [7, 11) is 1.82. The topological polar surface area (TPSA) is 77.7 Å². The smallest absolute Gasteiger partial charge is 0.265 e. The Hall–Kier alpha value is -3.61. The molecule has 7 nitrogen and oxygen atoms in total. The maximum absolute atomic E-state index is 12.0. The first-order valence-corrected chi connectivity index (χ1v) is 8.38. The molecule has 7 heteroatoms. The third-order valence-corrected chi connectivity index (χ3v) is 3.64. The summed E-state index contributed by atoms with van der Waals surface area (Å²) in [4.78, 5) is 17.1. The van der Waals surface area contributed by atoms with E-state index in [2.05, 4.69) is 15.6 Å². The summed E-state index contributed by atoms with van der Waals surface area (Å²) in [6.45, 7) is 1.61. The van der Waals surface area contributed by atoms with Crippen molar-refractivity contribution in [3.8, 4) is 11.5 Å². The van der Waals surface area contributed by atoms with Crippen LogP contribution in [0.2, 0.25) is 0 Å². The molecule has 1 N–H and O–H groups in total. The molecular formula is C20H20N4O3. The lowest BCUT2D eigenvalue weighted by molar-refractivity contribution is -0.120. The molecule has 3 rings (SSSR count). The van der Waals surface area contributed by atoms with Crippen LogP contribution in [-0.2, 0) is 16.7 Å². The van der Waals surface area contributed by atoms with E-state index in [0.29, 0.717) is 17.1 Å². The van der Waals surface area contributed by atoms with Gasteiger partial charge in [0.25, 0.3) is 5.91 Å². The minimum atomic E-state index is -0.297. The molecule has 0 aliphatic carbocycles. The van der Waals surface area contributed by atoms with Crippen molar-refractivity contribution < 1.29 is 14.4 Å². The van der Waals surface area contributed by atoms with Gasteiger partial charge in [0.05, 0.1) is 11.9 Å². The normalized spacial score (nSPS) is 11.1. The average molecular weight is 364 g/mol. The third-order valence-electron chi connectivity index (χ3n) is 3.64. The quantitative estimate of drug-likeness (QED) is 0.513. The number of oxime groups is 1. The molecule has 1 aromatic heterocycles. The molecule has 0 spiro atoms. The first-order chi connectivity index (χ1) is 13.1. The van der Waals surface area contributed by atoms with Crippen LogP contribution in [0.5, 0.6) is 11.5 Å². The van der Waals surface area contributed by atoms with E-state index in [1.54, 1.807) is 42.1 Å². The van der Waals surface area contributed by atoms with Crippen molar-refractivity contribution in [3.63, 3.8) is 0 Å². The predicted octanol–water partition coefficient (Wildman–Crippen LogP) is 3.59. The van der Waals surface area contributed by atoms with Crippen molar-refractivity contribution >= 4 is 17.3 Å². The van der Waals surface area contributed by atoms with Crippen LogP contribution in [-0.4, -0.2) is 28.0 Å². The van der Waals surface area contributed by atoms with Gasteiger partial charge < -0.3 is 14.9 Å². The van der Waals surface area contributed by atoms with E-state index < -0.39 is 0 Å². The van der Waals surface area contributed by atoms with E-state index in [1.807, 2.05) is 43.6 Å². The second-order valence-electron chi connectivity index (χ2n) is 5.84. The second-order valence-corrected chi connectivity index (χ2v) is 5.84. The van der Waals surface area contributed by atoms with Crippen LogP contribution in [0, 0.1) is 0 Å². The molecule has 0 fully saturated rings. The van der Waals surface area contributed by atoms with E-state index in [0.717, 1.165) is 11.3 Å². The van der Waals surface area contributed by atoms with Gasteiger partial charge in [-0.3, -0.25) is 9.48 Å². The van der Waals surface area contributed by atoms with Gasteiger partial charge >= 0.3 is 0 Å². The molecule has 0 aliphatic heterocycles. The molecule has 2 aromatic carbocycles. The number of carbonyl (C=O) groups excluding carboxylic acids is 1.